The third kappa shape index (κ3) is 4.63. The molecule has 0 aliphatic carbocycles. The number of nitrogens with zero attached hydrogens (tertiary/aromatic N) is 2. The molecule has 0 unspecified atom stereocenters. The number of imidazole rings is 1. The summed E-state index contributed by atoms with van der Waals surface area (Å²) in [4.78, 5) is 26.7. The van der Waals surface area contributed by atoms with E-state index in [-0.39, 0.29) is 12.0 Å². The molecule has 2 aromatic carbocycles. The highest BCUT2D eigenvalue weighted by Gasteiger charge is 2.14. The number of aliphatic imine (C=N–C) groups is 1. The molecule has 4 aromatic rings. The third-order valence-corrected chi connectivity index (χ3v) is 5.85. The van der Waals surface area contributed by atoms with E-state index >= 15 is 0 Å². The molecule has 162 valence electrons. The molecule has 0 radical (unpaired) electrons. The Labute approximate surface area is 190 Å². The summed E-state index contributed by atoms with van der Waals surface area (Å²) < 4.78 is 4.98. The standard InChI is InChI=1S/C25H24N4O2S/c1-15(2)27-23(26)17-9-11-20-21(13-17)29-24(28-20)22-12-10-18(32-22)14-19(25(30)31-3)16-7-5-4-6-8-16/h4-15H,1-3H3,(H2,26,27)(H,28,29)/b19-14+. The molecular weight excluding hydrogens is 420 g/mol. The van der Waals surface area contributed by atoms with E-state index in [9.17, 15) is 4.79 Å². The lowest BCUT2D eigenvalue weighted by Crippen LogP contribution is -2.15. The Bertz CT molecular complexity index is 1320. The molecule has 0 bridgehead atoms. The monoisotopic (exact) mass is 444 g/mol. The summed E-state index contributed by atoms with van der Waals surface area (Å²) in [6.07, 6.45) is 1.85. The molecule has 2 aromatic heterocycles. The number of aromatic amines is 1. The van der Waals surface area contributed by atoms with Gasteiger partial charge in [0.1, 0.15) is 11.7 Å². The molecule has 0 spiro atoms. The molecule has 3 N–H and O–H groups in total. The van der Waals surface area contributed by atoms with Crippen molar-refractivity contribution in [3.8, 4) is 10.7 Å². The fraction of sp³-hybridized carbons (Fsp3) is 0.160. The number of aromatic nitrogens is 2. The van der Waals surface area contributed by atoms with Gasteiger partial charge in [0.2, 0.25) is 0 Å². The van der Waals surface area contributed by atoms with E-state index in [4.69, 9.17) is 15.5 Å². The average molecular weight is 445 g/mol. The highest BCUT2D eigenvalue weighted by molar-refractivity contribution is 7.16. The van der Waals surface area contributed by atoms with Crippen molar-refractivity contribution < 1.29 is 9.53 Å². The number of H-pyrrole nitrogens is 1. The maximum atomic E-state index is 12.3. The topological polar surface area (TPSA) is 93.4 Å². The van der Waals surface area contributed by atoms with Gasteiger partial charge in [0.05, 0.1) is 28.6 Å². The van der Waals surface area contributed by atoms with Crippen molar-refractivity contribution in [2.24, 2.45) is 10.7 Å². The van der Waals surface area contributed by atoms with E-state index in [1.807, 2.05) is 80.6 Å². The highest BCUT2D eigenvalue weighted by Crippen LogP contribution is 2.31. The van der Waals surface area contributed by atoms with E-state index < -0.39 is 0 Å². The maximum absolute atomic E-state index is 12.3. The number of fused-ring (bicyclic) bond motifs is 1. The Balaban J connectivity index is 1.67. The first-order valence-electron chi connectivity index (χ1n) is 10.2. The normalized spacial score (nSPS) is 12.5. The smallest absolute Gasteiger partial charge is 0.338 e. The van der Waals surface area contributed by atoms with Crippen LogP contribution >= 0.6 is 11.3 Å². The Morgan fingerprint density at radius 1 is 1.12 bits per heavy atom. The van der Waals surface area contributed by atoms with Gasteiger partial charge in [0.25, 0.3) is 0 Å². The molecule has 6 nitrogen and oxygen atoms in total. The zero-order valence-corrected chi connectivity index (χ0v) is 18.9. The highest BCUT2D eigenvalue weighted by atomic mass is 32.1. The molecule has 2 heterocycles. The lowest BCUT2D eigenvalue weighted by atomic mass is 10.1. The largest absolute Gasteiger partial charge is 0.465 e. The summed E-state index contributed by atoms with van der Waals surface area (Å²) in [7, 11) is 1.39. The third-order valence-electron chi connectivity index (χ3n) is 4.81. The van der Waals surface area contributed by atoms with Gasteiger partial charge in [-0.15, -0.1) is 11.3 Å². The van der Waals surface area contributed by atoms with E-state index in [0.29, 0.717) is 11.4 Å². The number of esters is 1. The van der Waals surface area contributed by atoms with Crippen LogP contribution in [-0.2, 0) is 9.53 Å². The summed E-state index contributed by atoms with van der Waals surface area (Å²) in [5.41, 5.74) is 10.0. The van der Waals surface area contributed by atoms with Crippen molar-refractivity contribution in [3.05, 3.63) is 76.7 Å². The lowest BCUT2D eigenvalue weighted by molar-refractivity contribution is -0.133. The van der Waals surface area contributed by atoms with Crippen LogP contribution in [-0.4, -0.2) is 34.9 Å². The first-order valence-corrected chi connectivity index (χ1v) is 11.1. The number of hydrogen-bond acceptors (Lipinski definition) is 5. The van der Waals surface area contributed by atoms with Crippen LogP contribution in [0.25, 0.3) is 33.4 Å². The maximum Gasteiger partial charge on any atom is 0.338 e. The number of carbonyl (C=O) groups is 1. The molecule has 0 saturated carbocycles. The summed E-state index contributed by atoms with van der Waals surface area (Å²) in [6.45, 7) is 3.98. The van der Waals surface area contributed by atoms with Crippen LogP contribution < -0.4 is 5.73 Å². The number of thiophene rings is 1. The summed E-state index contributed by atoms with van der Waals surface area (Å²) in [6, 6.07) is 19.4. The van der Waals surface area contributed by atoms with Crippen LogP contribution in [0, 0.1) is 0 Å². The first-order chi connectivity index (χ1) is 15.4. The number of nitrogens with one attached hydrogen (secondary N) is 1. The van der Waals surface area contributed by atoms with Gasteiger partial charge in [-0.05, 0) is 55.8 Å². The number of benzene rings is 2. The van der Waals surface area contributed by atoms with Crippen molar-refractivity contribution in [1.82, 2.24) is 9.97 Å². The predicted octanol–water partition coefficient (Wildman–Crippen LogP) is 5.12. The number of carbonyl (C=O) groups excluding carboxylic acids is 1. The zero-order valence-electron chi connectivity index (χ0n) is 18.1. The minimum absolute atomic E-state index is 0.131. The second-order valence-corrected chi connectivity index (χ2v) is 8.66. The average Bonchev–Trinajstić information content (AvgIpc) is 3.43. The van der Waals surface area contributed by atoms with Crippen molar-refractivity contribution in [3.63, 3.8) is 0 Å². The molecule has 0 fully saturated rings. The Morgan fingerprint density at radius 2 is 1.91 bits per heavy atom. The van der Waals surface area contributed by atoms with Crippen LogP contribution in [0.4, 0.5) is 0 Å². The summed E-state index contributed by atoms with van der Waals surface area (Å²) >= 11 is 1.54. The molecule has 32 heavy (non-hydrogen) atoms. The van der Waals surface area contributed by atoms with Crippen LogP contribution in [0.2, 0.25) is 0 Å². The number of methoxy groups -OCH3 is 1. The van der Waals surface area contributed by atoms with Crippen molar-refractivity contribution in [2.75, 3.05) is 7.11 Å². The van der Waals surface area contributed by atoms with Crippen molar-refractivity contribution in [2.45, 2.75) is 19.9 Å². The van der Waals surface area contributed by atoms with Gasteiger partial charge in [-0.3, -0.25) is 4.99 Å². The van der Waals surface area contributed by atoms with Gasteiger partial charge >= 0.3 is 5.97 Å². The molecule has 0 amide bonds. The molecule has 0 aliphatic heterocycles. The SMILES string of the molecule is COC(=O)/C(=C/c1ccc(-c2nc3ccc(C(N)=NC(C)C)cc3[nH]2)s1)c1ccccc1. The Kier molecular flexibility index (Phi) is 6.18. The second-order valence-electron chi connectivity index (χ2n) is 7.54. The van der Waals surface area contributed by atoms with Crippen molar-refractivity contribution >= 4 is 45.8 Å². The van der Waals surface area contributed by atoms with E-state index in [1.165, 1.54) is 7.11 Å². The van der Waals surface area contributed by atoms with Gasteiger partial charge in [0.15, 0.2) is 0 Å². The van der Waals surface area contributed by atoms with E-state index in [2.05, 4.69) is 9.98 Å². The van der Waals surface area contributed by atoms with Crippen LogP contribution in [0.3, 0.4) is 0 Å². The second kappa shape index (κ2) is 9.20. The summed E-state index contributed by atoms with van der Waals surface area (Å²) in [5.74, 6) is 0.904. The molecule has 0 saturated heterocycles. The Hall–Kier alpha value is -3.71. The molecule has 0 aliphatic rings. The molecule has 7 heteroatoms. The minimum atomic E-state index is -0.372. The van der Waals surface area contributed by atoms with Crippen LogP contribution in [0.1, 0.15) is 29.9 Å². The molecule has 0 atom stereocenters. The van der Waals surface area contributed by atoms with Gasteiger partial charge in [-0.25, -0.2) is 9.78 Å². The number of rotatable bonds is 6. The quantitative estimate of drug-likeness (QED) is 0.187. The zero-order chi connectivity index (χ0) is 22.7. The van der Waals surface area contributed by atoms with E-state index in [0.717, 1.165) is 37.7 Å². The van der Waals surface area contributed by atoms with Gasteiger partial charge in [-0.1, -0.05) is 30.3 Å². The van der Waals surface area contributed by atoms with Gasteiger partial charge in [-0.2, -0.15) is 0 Å². The first kappa shape index (κ1) is 21.5. The minimum Gasteiger partial charge on any atom is -0.465 e. The number of amidine groups is 1. The number of ether oxygens (including phenoxy) is 1. The van der Waals surface area contributed by atoms with Gasteiger partial charge < -0.3 is 15.5 Å². The number of nitrogens with two attached hydrogens (primary N) is 1. The molecule has 4 rings (SSSR count). The number of hydrogen-bond donors (Lipinski definition) is 2. The Morgan fingerprint density at radius 3 is 2.62 bits per heavy atom. The molecular formula is C25H24N4O2S. The van der Waals surface area contributed by atoms with Gasteiger partial charge in [0, 0.05) is 16.5 Å². The van der Waals surface area contributed by atoms with Crippen LogP contribution in [0.15, 0.2) is 65.7 Å². The fourth-order valence-corrected chi connectivity index (χ4v) is 4.22. The van der Waals surface area contributed by atoms with Crippen molar-refractivity contribution in [1.29, 1.82) is 0 Å². The van der Waals surface area contributed by atoms with Crippen LogP contribution in [0.5, 0.6) is 0 Å². The lowest BCUT2D eigenvalue weighted by Gasteiger charge is -2.05. The summed E-state index contributed by atoms with van der Waals surface area (Å²) in [5, 5.41) is 0. The predicted molar refractivity (Wildman–Crippen MR) is 132 cm³/mol. The fourth-order valence-electron chi connectivity index (χ4n) is 3.33. The van der Waals surface area contributed by atoms with E-state index in [1.54, 1.807) is 11.3 Å².